The lowest BCUT2D eigenvalue weighted by Crippen LogP contribution is -2.00. The highest BCUT2D eigenvalue weighted by Gasteiger charge is 2.01. The first-order valence-corrected chi connectivity index (χ1v) is 6.57. The molecule has 3 nitrogen and oxygen atoms in total. The largest absolute Gasteiger partial charge is 0.495 e. The van der Waals surface area contributed by atoms with Gasteiger partial charge in [-0.05, 0) is 30.1 Å². The molecule has 0 spiro atoms. The van der Waals surface area contributed by atoms with Crippen molar-refractivity contribution in [3.63, 3.8) is 0 Å². The summed E-state index contributed by atoms with van der Waals surface area (Å²) in [6.45, 7) is 2.90. The summed E-state index contributed by atoms with van der Waals surface area (Å²) >= 11 is 1.93. The standard InChI is InChI=1S/C12H19NO2S/c1-3-16-8-4-7-15-10-5-6-12(14-2)11(13)9-10/h5-6,9H,3-4,7-8,13H2,1-2H3. The van der Waals surface area contributed by atoms with E-state index >= 15 is 0 Å². The average molecular weight is 241 g/mol. The second-order valence-electron chi connectivity index (χ2n) is 3.30. The van der Waals surface area contributed by atoms with E-state index in [2.05, 4.69) is 6.92 Å². The molecule has 0 saturated heterocycles. The second-order valence-corrected chi connectivity index (χ2v) is 4.70. The van der Waals surface area contributed by atoms with Crippen LogP contribution in [0.3, 0.4) is 0 Å². The van der Waals surface area contributed by atoms with Crippen LogP contribution in [0.25, 0.3) is 0 Å². The number of anilines is 1. The molecule has 0 amide bonds. The van der Waals surface area contributed by atoms with Crippen molar-refractivity contribution < 1.29 is 9.47 Å². The Morgan fingerprint density at radius 3 is 2.81 bits per heavy atom. The van der Waals surface area contributed by atoms with Crippen molar-refractivity contribution in [2.24, 2.45) is 0 Å². The first-order valence-electron chi connectivity index (χ1n) is 5.42. The Balaban J connectivity index is 2.34. The smallest absolute Gasteiger partial charge is 0.142 e. The van der Waals surface area contributed by atoms with E-state index in [-0.39, 0.29) is 0 Å². The minimum Gasteiger partial charge on any atom is -0.495 e. The van der Waals surface area contributed by atoms with Crippen LogP contribution in [0.15, 0.2) is 18.2 Å². The SMILES string of the molecule is CCSCCCOc1ccc(OC)c(N)c1. The van der Waals surface area contributed by atoms with Crippen molar-refractivity contribution in [1.29, 1.82) is 0 Å². The third kappa shape index (κ3) is 4.23. The van der Waals surface area contributed by atoms with Crippen LogP contribution in [-0.2, 0) is 0 Å². The van der Waals surface area contributed by atoms with E-state index in [0.29, 0.717) is 11.4 Å². The number of hydrogen-bond acceptors (Lipinski definition) is 4. The first kappa shape index (κ1) is 13.0. The molecule has 0 bridgehead atoms. The van der Waals surface area contributed by atoms with Gasteiger partial charge < -0.3 is 15.2 Å². The van der Waals surface area contributed by atoms with Gasteiger partial charge in [0.2, 0.25) is 0 Å². The van der Waals surface area contributed by atoms with Gasteiger partial charge in [0.05, 0.1) is 19.4 Å². The Labute approximate surface area is 101 Å². The van der Waals surface area contributed by atoms with Crippen LogP contribution in [-0.4, -0.2) is 25.2 Å². The zero-order valence-electron chi connectivity index (χ0n) is 9.86. The van der Waals surface area contributed by atoms with E-state index in [0.717, 1.165) is 30.3 Å². The van der Waals surface area contributed by atoms with Gasteiger partial charge in [-0.25, -0.2) is 0 Å². The van der Waals surface area contributed by atoms with Gasteiger partial charge in [0, 0.05) is 6.07 Å². The predicted octanol–water partition coefficient (Wildman–Crippen LogP) is 2.80. The maximum absolute atomic E-state index is 5.77. The molecule has 0 fully saturated rings. The third-order valence-corrected chi connectivity index (χ3v) is 3.09. The number of rotatable bonds is 7. The minimum atomic E-state index is 0.614. The summed E-state index contributed by atoms with van der Waals surface area (Å²) in [5.74, 6) is 3.80. The fourth-order valence-corrected chi connectivity index (χ4v) is 1.91. The van der Waals surface area contributed by atoms with E-state index in [1.54, 1.807) is 13.2 Å². The molecule has 0 aliphatic heterocycles. The Hall–Kier alpha value is -1.03. The number of methoxy groups -OCH3 is 1. The van der Waals surface area contributed by atoms with Gasteiger partial charge in [-0.1, -0.05) is 6.92 Å². The van der Waals surface area contributed by atoms with Crippen molar-refractivity contribution in [3.8, 4) is 11.5 Å². The van der Waals surface area contributed by atoms with Crippen molar-refractivity contribution in [2.45, 2.75) is 13.3 Å². The summed E-state index contributed by atoms with van der Waals surface area (Å²) in [7, 11) is 1.61. The Morgan fingerprint density at radius 1 is 1.38 bits per heavy atom. The van der Waals surface area contributed by atoms with Crippen LogP contribution >= 0.6 is 11.8 Å². The predicted molar refractivity (Wildman–Crippen MR) is 70.5 cm³/mol. The fourth-order valence-electron chi connectivity index (χ4n) is 1.30. The maximum atomic E-state index is 5.77. The van der Waals surface area contributed by atoms with Crippen molar-refractivity contribution in [3.05, 3.63) is 18.2 Å². The molecule has 0 saturated carbocycles. The number of nitrogens with two attached hydrogens (primary N) is 1. The van der Waals surface area contributed by atoms with Gasteiger partial charge in [-0.3, -0.25) is 0 Å². The molecular weight excluding hydrogens is 222 g/mol. The highest BCUT2D eigenvalue weighted by atomic mass is 32.2. The van der Waals surface area contributed by atoms with E-state index in [9.17, 15) is 0 Å². The zero-order valence-corrected chi connectivity index (χ0v) is 10.7. The van der Waals surface area contributed by atoms with Crippen LogP contribution < -0.4 is 15.2 Å². The lowest BCUT2D eigenvalue weighted by molar-refractivity contribution is 0.318. The molecule has 1 rings (SSSR count). The van der Waals surface area contributed by atoms with Gasteiger partial charge in [0.15, 0.2) is 0 Å². The monoisotopic (exact) mass is 241 g/mol. The Kier molecular flexibility index (Phi) is 5.93. The Morgan fingerprint density at radius 2 is 2.19 bits per heavy atom. The quantitative estimate of drug-likeness (QED) is 0.589. The van der Waals surface area contributed by atoms with Gasteiger partial charge in [-0.15, -0.1) is 0 Å². The van der Waals surface area contributed by atoms with E-state index in [1.807, 2.05) is 23.9 Å². The summed E-state index contributed by atoms with van der Waals surface area (Å²) in [4.78, 5) is 0. The van der Waals surface area contributed by atoms with Crippen LogP contribution in [0.1, 0.15) is 13.3 Å². The molecule has 0 atom stereocenters. The molecule has 1 aromatic rings. The van der Waals surface area contributed by atoms with E-state index in [1.165, 1.54) is 0 Å². The summed E-state index contributed by atoms with van der Waals surface area (Å²) in [5.41, 5.74) is 6.39. The summed E-state index contributed by atoms with van der Waals surface area (Å²) < 4.78 is 10.7. The number of benzene rings is 1. The molecule has 2 N–H and O–H groups in total. The summed E-state index contributed by atoms with van der Waals surface area (Å²) in [6.07, 6.45) is 1.06. The molecule has 4 heteroatoms. The first-order chi connectivity index (χ1) is 7.77. The summed E-state index contributed by atoms with van der Waals surface area (Å²) in [5, 5.41) is 0. The highest BCUT2D eigenvalue weighted by Crippen LogP contribution is 2.25. The number of hydrogen-bond donors (Lipinski definition) is 1. The molecule has 1 aromatic carbocycles. The number of thioether (sulfide) groups is 1. The molecule has 0 aromatic heterocycles. The van der Waals surface area contributed by atoms with Crippen molar-refractivity contribution in [1.82, 2.24) is 0 Å². The lowest BCUT2D eigenvalue weighted by Gasteiger charge is -2.09. The van der Waals surface area contributed by atoms with Crippen molar-refractivity contribution in [2.75, 3.05) is 31.0 Å². The maximum Gasteiger partial charge on any atom is 0.142 e. The molecule has 0 aliphatic rings. The number of nitrogen functional groups attached to an aromatic ring is 1. The summed E-state index contributed by atoms with van der Waals surface area (Å²) in [6, 6.07) is 5.50. The van der Waals surface area contributed by atoms with Crippen molar-refractivity contribution >= 4 is 17.4 Å². The van der Waals surface area contributed by atoms with Crippen LogP contribution in [0.5, 0.6) is 11.5 Å². The van der Waals surface area contributed by atoms with Gasteiger partial charge in [0.1, 0.15) is 11.5 Å². The second kappa shape index (κ2) is 7.28. The molecule has 0 aliphatic carbocycles. The lowest BCUT2D eigenvalue weighted by atomic mass is 10.3. The van der Waals surface area contributed by atoms with Gasteiger partial charge >= 0.3 is 0 Å². The molecule has 0 radical (unpaired) electrons. The van der Waals surface area contributed by atoms with E-state index < -0.39 is 0 Å². The molecule has 90 valence electrons. The molecule has 0 unspecified atom stereocenters. The zero-order chi connectivity index (χ0) is 11.8. The van der Waals surface area contributed by atoms with E-state index in [4.69, 9.17) is 15.2 Å². The topological polar surface area (TPSA) is 44.5 Å². The number of ether oxygens (including phenoxy) is 2. The van der Waals surface area contributed by atoms with Crippen LogP contribution in [0, 0.1) is 0 Å². The Bertz CT molecular complexity index is 318. The third-order valence-electron chi connectivity index (χ3n) is 2.11. The normalized spacial score (nSPS) is 10.1. The molecule has 16 heavy (non-hydrogen) atoms. The fraction of sp³-hybridized carbons (Fsp3) is 0.500. The molecular formula is C12H19NO2S. The highest BCUT2D eigenvalue weighted by molar-refractivity contribution is 7.99. The van der Waals surface area contributed by atoms with Gasteiger partial charge in [0.25, 0.3) is 0 Å². The van der Waals surface area contributed by atoms with Gasteiger partial charge in [-0.2, -0.15) is 11.8 Å². The minimum absolute atomic E-state index is 0.614. The van der Waals surface area contributed by atoms with Crippen LogP contribution in [0.4, 0.5) is 5.69 Å². The molecule has 0 heterocycles. The average Bonchev–Trinajstić information content (AvgIpc) is 2.29. The van der Waals surface area contributed by atoms with Crippen LogP contribution in [0.2, 0.25) is 0 Å².